The predicted molar refractivity (Wildman–Crippen MR) is 135 cm³/mol. The highest BCUT2D eigenvalue weighted by Gasteiger charge is 2.32. The van der Waals surface area contributed by atoms with Crippen molar-refractivity contribution in [3.05, 3.63) is 64.8 Å². The van der Waals surface area contributed by atoms with Crippen LogP contribution in [-0.2, 0) is 17.9 Å². The summed E-state index contributed by atoms with van der Waals surface area (Å²) in [7, 11) is 0. The molecule has 2 saturated heterocycles. The summed E-state index contributed by atoms with van der Waals surface area (Å²) in [5.74, 6) is 3.27. The molecule has 0 saturated carbocycles. The lowest BCUT2D eigenvalue weighted by molar-refractivity contribution is -0.133. The van der Waals surface area contributed by atoms with Crippen molar-refractivity contribution >= 4 is 23.3 Å². The lowest BCUT2D eigenvalue weighted by Crippen LogP contribution is -2.38. The number of piperidine rings is 1. The second-order valence-electron chi connectivity index (χ2n) is 9.77. The monoisotopic (exact) mass is 491 g/mol. The van der Waals surface area contributed by atoms with Gasteiger partial charge in [-0.1, -0.05) is 17.7 Å². The molecule has 3 aromatic rings. The van der Waals surface area contributed by atoms with E-state index in [0.29, 0.717) is 30.6 Å². The Balaban J connectivity index is 1.27. The van der Waals surface area contributed by atoms with Crippen molar-refractivity contribution in [2.24, 2.45) is 0 Å². The van der Waals surface area contributed by atoms with Crippen molar-refractivity contribution < 1.29 is 4.79 Å². The minimum absolute atomic E-state index is 0.138. The predicted octanol–water partition coefficient (Wildman–Crippen LogP) is 3.64. The average Bonchev–Trinajstić information content (AvgIpc) is 3.51. The summed E-state index contributed by atoms with van der Waals surface area (Å²) in [5, 5.41) is 9.96. The molecule has 0 radical (unpaired) electrons. The van der Waals surface area contributed by atoms with E-state index in [0.717, 1.165) is 67.7 Å². The van der Waals surface area contributed by atoms with Gasteiger partial charge in [-0.2, -0.15) is 0 Å². The topological polar surface area (TPSA) is 70.4 Å². The number of anilines is 1. The molecule has 1 aromatic carbocycles. The lowest BCUT2D eigenvalue weighted by atomic mass is 9.95. The number of hydrogen-bond acceptors (Lipinski definition) is 6. The fourth-order valence-electron chi connectivity index (χ4n) is 5.61. The zero-order chi connectivity index (χ0) is 23.8. The largest absolute Gasteiger partial charge is 0.357 e. The van der Waals surface area contributed by atoms with Crippen LogP contribution in [0.15, 0.2) is 42.6 Å². The number of amides is 1. The Hall–Kier alpha value is -2.97. The molecule has 0 spiro atoms. The van der Waals surface area contributed by atoms with Gasteiger partial charge in [0.15, 0.2) is 5.82 Å². The van der Waals surface area contributed by atoms with Gasteiger partial charge >= 0.3 is 0 Å². The molecule has 0 unspecified atom stereocenters. The summed E-state index contributed by atoms with van der Waals surface area (Å²) in [5.41, 5.74) is 2.08. The van der Waals surface area contributed by atoms with Gasteiger partial charge in [0, 0.05) is 36.8 Å². The van der Waals surface area contributed by atoms with E-state index in [1.165, 1.54) is 12.8 Å². The number of nitrogens with zero attached hydrogens (tertiary/aromatic N) is 7. The molecule has 0 N–H and O–H groups in total. The maximum atomic E-state index is 13.3. The van der Waals surface area contributed by atoms with Crippen molar-refractivity contribution in [1.82, 2.24) is 29.5 Å². The molecule has 8 nitrogen and oxygen atoms in total. The summed E-state index contributed by atoms with van der Waals surface area (Å²) < 4.78 is 2.19. The Labute approximate surface area is 210 Å². The minimum atomic E-state index is 0.138. The lowest BCUT2D eigenvalue weighted by Gasteiger charge is -2.32. The van der Waals surface area contributed by atoms with E-state index in [2.05, 4.69) is 35.6 Å². The smallest absolute Gasteiger partial charge is 0.237 e. The summed E-state index contributed by atoms with van der Waals surface area (Å²) in [6, 6.07) is 12.0. The zero-order valence-corrected chi connectivity index (χ0v) is 20.6. The second-order valence-corrected chi connectivity index (χ2v) is 10.2. The van der Waals surface area contributed by atoms with Gasteiger partial charge in [0.05, 0.1) is 18.8 Å². The van der Waals surface area contributed by atoms with Crippen molar-refractivity contribution in [3.63, 3.8) is 0 Å². The van der Waals surface area contributed by atoms with Crippen LogP contribution in [0.1, 0.15) is 48.8 Å². The molecule has 0 atom stereocenters. The Kier molecular flexibility index (Phi) is 6.16. The summed E-state index contributed by atoms with van der Waals surface area (Å²) in [4.78, 5) is 24.3. The van der Waals surface area contributed by atoms with Crippen LogP contribution in [0.5, 0.6) is 0 Å². The molecule has 182 valence electrons. The highest BCUT2D eigenvalue weighted by molar-refractivity contribution is 6.30. The van der Waals surface area contributed by atoms with Crippen LogP contribution in [0.3, 0.4) is 0 Å². The van der Waals surface area contributed by atoms with E-state index in [-0.39, 0.29) is 5.91 Å². The third-order valence-electron chi connectivity index (χ3n) is 7.47. The Bertz CT molecular complexity index is 1200. The first-order valence-corrected chi connectivity index (χ1v) is 12.9. The number of rotatable bonds is 4. The van der Waals surface area contributed by atoms with Crippen molar-refractivity contribution in [2.45, 2.75) is 44.7 Å². The van der Waals surface area contributed by atoms with Gasteiger partial charge in [0.25, 0.3) is 0 Å². The van der Waals surface area contributed by atoms with Crippen molar-refractivity contribution in [2.75, 3.05) is 37.6 Å². The number of benzene rings is 1. The third-order valence-corrected chi connectivity index (χ3v) is 7.71. The van der Waals surface area contributed by atoms with E-state index in [1.54, 1.807) is 0 Å². The molecular weight excluding hydrogens is 462 g/mol. The van der Waals surface area contributed by atoms with Crippen molar-refractivity contribution in [3.8, 4) is 5.69 Å². The summed E-state index contributed by atoms with van der Waals surface area (Å²) >= 11 is 6.39. The molecule has 3 aliphatic rings. The third kappa shape index (κ3) is 4.52. The summed E-state index contributed by atoms with van der Waals surface area (Å²) in [6.45, 7) is 5.31. The van der Waals surface area contributed by atoms with E-state index < -0.39 is 0 Å². The maximum absolute atomic E-state index is 13.3. The molecular formula is C26H30ClN7O. The normalized spacial score (nSPS) is 18.9. The minimum Gasteiger partial charge on any atom is -0.357 e. The Morgan fingerprint density at radius 3 is 2.60 bits per heavy atom. The van der Waals surface area contributed by atoms with Crippen LogP contribution in [0.2, 0.25) is 5.02 Å². The Morgan fingerprint density at radius 1 is 1.00 bits per heavy atom. The quantitative estimate of drug-likeness (QED) is 0.555. The molecule has 2 fully saturated rings. The number of aromatic nitrogens is 4. The molecule has 6 rings (SSSR count). The number of hydrogen-bond donors (Lipinski definition) is 0. The fraction of sp³-hybridized carbons (Fsp3) is 0.462. The first kappa shape index (κ1) is 22.5. The molecule has 3 aliphatic heterocycles. The maximum Gasteiger partial charge on any atom is 0.237 e. The van der Waals surface area contributed by atoms with Gasteiger partial charge in [-0.05, 0) is 74.7 Å². The van der Waals surface area contributed by atoms with Crippen LogP contribution in [0.25, 0.3) is 5.69 Å². The summed E-state index contributed by atoms with van der Waals surface area (Å²) in [6.07, 6.45) is 6.15. The van der Waals surface area contributed by atoms with Crippen LogP contribution in [-0.4, -0.2) is 68.2 Å². The molecule has 5 heterocycles. The van der Waals surface area contributed by atoms with Gasteiger partial charge in [-0.3, -0.25) is 14.3 Å². The zero-order valence-electron chi connectivity index (χ0n) is 19.8. The van der Waals surface area contributed by atoms with E-state index >= 15 is 0 Å². The van der Waals surface area contributed by atoms with Gasteiger partial charge < -0.3 is 9.80 Å². The molecule has 0 bridgehead atoms. The molecule has 0 aliphatic carbocycles. The number of halogens is 1. The number of carbonyl (C=O) groups is 1. The fourth-order valence-corrected chi connectivity index (χ4v) is 5.80. The first-order chi connectivity index (χ1) is 17.2. The first-order valence-electron chi connectivity index (χ1n) is 12.5. The molecule has 1 amide bonds. The molecule has 35 heavy (non-hydrogen) atoms. The number of fused-ring (bicyclic) bond motifs is 3. The van der Waals surface area contributed by atoms with Gasteiger partial charge in [0.1, 0.15) is 11.6 Å². The van der Waals surface area contributed by atoms with Gasteiger partial charge in [-0.25, -0.2) is 4.98 Å². The number of carbonyl (C=O) groups excluding carboxylic acids is 1. The van der Waals surface area contributed by atoms with Gasteiger partial charge in [-0.15, -0.1) is 10.2 Å². The highest BCUT2D eigenvalue weighted by atomic mass is 35.5. The van der Waals surface area contributed by atoms with Crippen LogP contribution >= 0.6 is 11.6 Å². The highest BCUT2D eigenvalue weighted by Crippen LogP contribution is 2.34. The Morgan fingerprint density at radius 2 is 1.83 bits per heavy atom. The van der Waals surface area contributed by atoms with E-state index in [9.17, 15) is 4.79 Å². The van der Waals surface area contributed by atoms with Crippen LogP contribution in [0.4, 0.5) is 5.82 Å². The van der Waals surface area contributed by atoms with E-state index in [1.807, 2.05) is 41.4 Å². The number of pyridine rings is 1. The average molecular weight is 492 g/mol. The molecule has 2 aromatic heterocycles. The number of likely N-dealkylation sites (tertiary alicyclic amines) is 1. The van der Waals surface area contributed by atoms with E-state index in [4.69, 9.17) is 11.6 Å². The van der Waals surface area contributed by atoms with Crippen LogP contribution in [0, 0.1) is 0 Å². The van der Waals surface area contributed by atoms with Gasteiger partial charge in [0.2, 0.25) is 5.91 Å². The SMILES string of the molecule is O=C(CN1CCCC1)N1Cc2cc(Cl)ccc2-n2c(nnc2C2CCN(c3ccccn3)CC2)C1. The van der Waals surface area contributed by atoms with Crippen LogP contribution < -0.4 is 4.90 Å². The molecule has 9 heteroatoms. The van der Waals surface area contributed by atoms with Crippen molar-refractivity contribution in [1.29, 1.82) is 0 Å². The standard InChI is InChI=1S/C26H30ClN7O/c27-21-6-7-22-20(15-21)16-33(25(35)18-31-11-3-4-12-31)17-24-29-30-26(34(22)24)19-8-13-32(14-9-19)23-5-1-2-10-28-23/h1-2,5-7,10,15,19H,3-4,8-9,11-14,16-18H2. The second kappa shape index (κ2) is 9.59.